The predicted octanol–water partition coefficient (Wildman–Crippen LogP) is 3.37. The van der Waals surface area contributed by atoms with Crippen LogP contribution in [0, 0.1) is 12.8 Å². The molecule has 2 rings (SSSR count). The van der Waals surface area contributed by atoms with E-state index in [0.29, 0.717) is 0 Å². The highest BCUT2D eigenvalue weighted by atomic mass is 79.9. The molecule has 0 fully saturated rings. The maximum Gasteiger partial charge on any atom is 0.0596 e. The van der Waals surface area contributed by atoms with Gasteiger partial charge in [-0.05, 0) is 50.3 Å². The van der Waals surface area contributed by atoms with Gasteiger partial charge in [0.05, 0.1) is 5.69 Å². The molecule has 0 radical (unpaired) electrons. The first kappa shape index (κ1) is 15.3. The van der Waals surface area contributed by atoms with Crippen molar-refractivity contribution >= 4 is 15.9 Å². The molecule has 0 aliphatic rings. The Balaban J connectivity index is 2.11. The fourth-order valence-corrected chi connectivity index (χ4v) is 2.96. The molecule has 1 N–H and O–H groups in total. The molecule has 1 aromatic carbocycles. The van der Waals surface area contributed by atoms with E-state index in [2.05, 4.69) is 40.1 Å². The lowest BCUT2D eigenvalue weighted by atomic mass is 9.95. The van der Waals surface area contributed by atoms with Crippen molar-refractivity contribution in [3.05, 3.63) is 51.8 Å². The Morgan fingerprint density at radius 3 is 2.70 bits per heavy atom. The molecule has 0 saturated carbocycles. The lowest BCUT2D eigenvalue weighted by molar-refractivity contribution is 0.222. The molecule has 4 heteroatoms. The number of aryl methyl sites for hydroxylation is 2. The molecule has 0 spiro atoms. The summed E-state index contributed by atoms with van der Waals surface area (Å²) in [6.07, 6.45) is 1.72. The summed E-state index contributed by atoms with van der Waals surface area (Å²) in [5.74, 6) is 0.218. The second-order valence-corrected chi connectivity index (χ2v) is 6.00. The van der Waals surface area contributed by atoms with Crippen LogP contribution in [0.25, 0.3) is 0 Å². The van der Waals surface area contributed by atoms with E-state index in [1.165, 1.54) is 11.3 Å². The molecule has 0 aliphatic carbocycles. The lowest BCUT2D eigenvalue weighted by Crippen LogP contribution is -2.16. The third-order valence-corrected chi connectivity index (χ3v) is 4.28. The number of aliphatic hydroxyl groups excluding tert-OH is 1. The first-order valence-electron chi connectivity index (χ1n) is 7.01. The number of halogens is 1. The maximum absolute atomic E-state index is 9.66. The van der Waals surface area contributed by atoms with Crippen LogP contribution in [0.5, 0.6) is 0 Å². The third kappa shape index (κ3) is 3.70. The summed E-state index contributed by atoms with van der Waals surface area (Å²) < 4.78 is 3.14. The van der Waals surface area contributed by atoms with Gasteiger partial charge >= 0.3 is 0 Å². The Kier molecular flexibility index (Phi) is 5.38. The van der Waals surface area contributed by atoms with Gasteiger partial charge < -0.3 is 5.11 Å². The van der Waals surface area contributed by atoms with Crippen molar-refractivity contribution in [3.63, 3.8) is 0 Å². The largest absolute Gasteiger partial charge is 0.396 e. The van der Waals surface area contributed by atoms with E-state index in [9.17, 15) is 5.11 Å². The summed E-state index contributed by atoms with van der Waals surface area (Å²) in [5.41, 5.74) is 3.49. The van der Waals surface area contributed by atoms with E-state index in [4.69, 9.17) is 0 Å². The van der Waals surface area contributed by atoms with Crippen molar-refractivity contribution in [3.8, 4) is 0 Å². The van der Waals surface area contributed by atoms with Crippen LogP contribution in [0.3, 0.4) is 0 Å². The number of hydrogen-bond donors (Lipinski definition) is 1. The Hall–Kier alpha value is -1.13. The number of nitrogens with zero attached hydrogens (tertiary/aromatic N) is 2. The Labute approximate surface area is 128 Å². The molecular formula is C16H21BrN2O. The molecule has 3 nitrogen and oxygen atoms in total. The predicted molar refractivity (Wildman–Crippen MR) is 84.8 cm³/mol. The van der Waals surface area contributed by atoms with Crippen LogP contribution in [0.15, 0.2) is 34.8 Å². The minimum atomic E-state index is 0.190. The van der Waals surface area contributed by atoms with Crippen LogP contribution in [-0.2, 0) is 19.4 Å². The fourth-order valence-electron chi connectivity index (χ4n) is 2.51. The van der Waals surface area contributed by atoms with Crippen LogP contribution in [-0.4, -0.2) is 21.5 Å². The minimum absolute atomic E-state index is 0.190. The highest BCUT2D eigenvalue weighted by molar-refractivity contribution is 9.10. The van der Waals surface area contributed by atoms with E-state index in [1.807, 2.05) is 29.8 Å². The van der Waals surface area contributed by atoms with Gasteiger partial charge in [0.1, 0.15) is 0 Å². The second kappa shape index (κ2) is 7.04. The molecule has 1 atom stereocenters. The summed E-state index contributed by atoms with van der Waals surface area (Å²) in [6.45, 7) is 5.17. The van der Waals surface area contributed by atoms with Gasteiger partial charge in [0.25, 0.3) is 0 Å². The maximum atomic E-state index is 9.66. The summed E-state index contributed by atoms with van der Waals surface area (Å²) >= 11 is 3.57. The fraction of sp³-hybridized carbons (Fsp3) is 0.438. The Morgan fingerprint density at radius 1 is 1.30 bits per heavy atom. The van der Waals surface area contributed by atoms with Gasteiger partial charge in [-0.1, -0.05) is 34.1 Å². The average molecular weight is 337 g/mol. The van der Waals surface area contributed by atoms with Crippen LogP contribution < -0.4 is 0 Å². The van der Waals surface area contributed by atoms with Crippen LogP contribution in [0.2, 0.25) is 0 Å². The average Bonchev–Trinajstić information content (AvgIpc) is 2.80. The molecule has 0 amide bonds. The zero-order valence-corrected chi connectivity index (χ0v) is 13.6. The molecule has 1 unspecified atom stereocenters. The van der Waals surface area contributed by atoms with E-state index in [1.54, 1.807) is 0 Å². The summed E-state index contributed by atoms with van der Waals surface area (Å²) in [4.78, 5) is 0. The number of aliphatic hydroxyl groups is 1. The van der Waals surface area contributed by atoms with Gasteiger partial charge in [0, 0.05) is 23.3 Å². The quantitative estimate of drug-likeness (QED) is 0.878. The van der Waals surface area contributed by atoms with Crippen LogP contribution in [0.1, 0.15) is 23.9 Å². The highest BCUT2D eigenvalue weighted by Gasteiger charge is 2.14. The number of aromatic nitrogens is 2. The molecule has 0 aliphatic heterocycles. The molecular weight excluding hydrogens is 316 g/mol. The highest BCUT2D eigenvalue weighted by Crippen LogP contribution is 2.21. The Morgan fingerprint density at radius 2 is 2.05 bits per heavy atom. The zero-order valence-electron chi connectivity index (χ0n) is 12.0. The molecule has 2 aromatic rings. The number of rotatable bonds is 6. The van der Waals surface area contributed by atoms with Crippen molar-refractivity contribution in [2.45, 2.75) is 33.2 Å². The monoisotopic (exact) mass is 336 g/mol. The van der Waals surface area contributed by atoms with Gasteiger partial charge in [0.2, 0.25) is 0 Å². The SMILES string of the molecule is CCn1nc(C)cc1CC(CO)Cc1ccccc1Br. The van der Waals surface area contributed by atoms with Gasteiger partial charge in [-0.25, -0.2) is 0 Å². The van der Waals surface area contributed by atoms with Crippen molar-refractivity contribution in [2.75, 3.05) is 6.61 Å². The second-order valence-electron chi connectivity index (χ2n) is 5.14. The summed E-state index contributed by atoms with van der Waals surface area (Å²) in [6, 6.07) is 10.3. The summed E-state index contributed by atoms with van der Waals surface area (Å²) in [5, 5.41) is 14.1. The van der Waals surface area contributed by atoms with Crippen LogP contribution in [0.4, 0.5) is 0 Å². The molecule has 0 saturated heterocycles. The van der Waals surface area contributed by atoms with Crippen molar-refractivity contribution in [2.24, 2.45) is 5.92 Å². The molecule has 108 valence electrons. The zero-order chi connectivity index (χ0) is 14.5. The topological polar surface area (TPSA) is 38.0 Å². The van der Waals surface area contributed by atoms with Crippen molar-refractivity contribution in [1.82, 2.24) is 9.78 Å². The first-order valence-corrected chi connectivity index (χ1v) is 7.81. The molecule has 1 heterocycles. The standard InChI is InChI=1S/C16H21BrN2O/c1-3-19-15(8-12(2)18-19)10-13(11-20)9-14-6-4-5-7-16(14)17/h4-8,13,20H,3,9-11H2,1-2H3. The van der Waals surface area contributed by atoms with E-state index >= 15 is 0 Å². The van der Waals surface area contributed by atoms with Gasteiger partial charge in [0.15, 0.2) is 0 Å². The van der Waals surface area contributed by atoms with E-state index in [0.717, 1.165) is 29.6 Å². The van der Waals surface area contributed by atoms with Crippen LogP contribution >= 0.6 is 15.9 Å². The normalized spacial score (nSPS) is 12.6. The van der Waals surface area contributed by atoms with Gasteiger partial charge in [-0.2, -0.15) is 5.10 Å². The number of hydrogen-bond acceptors (Lipinski definition) is 2. The first-order chi connectivity index (χ1) is 9.63. The van der Waals surface area contributed by atoms with Gasteiger partial charge in [-0.3, -0.25) is 4.68 Å². The van der Waals surface area contributed by atoms with Crippen molar-refractivity contribution < 1.29 is 5.11 Å². The van der Waals surface area contributed by atoms with E-state index in [-0.39, 0.29) is 12.5 Å². The van der Waals surface area contributed by atoms with Crippen molar-refractivity contribution in [1.29, 1.82) is 0 Å². The summed E-state index contributed by atoms with van der Waals surface area (Å²) in [7, 11) is 0. The molecule has 1 aromatic heterocycles. The van der Waals surface area contributed by atoms with E-state index < -0.39 is 0 Å². The Bertz CT molecular complexity index is 565. The third-order valence-electron chi connectivity index (χ3n) is 3.51. The molecule has 0 bridgehead atoms. The minimum Gasteiger partial charge on any atom is -0.396 e. The van der Waals surface area contributed by atoms with Gasteiger partial charge in [-0.15, -0.1) is 0 Å². The smallest absolute Gasteiger partial charge is 0.0596 e. The number of benzene rings is 1. The lowest BCUT2D eigenvalue weighted by Gasteiger charge is -2.16. The molecule has 20 heavy (non-hydrogen) atoms.